The molecule has 3 aromatic carbocycles. The lowest BCUT2D eigenvalue weighted by atomic mass is 9.97. The molecule has 1 unspecified atom stereocenters. The van der Waals surface area contributed by atoms with Gasteiger partial charge in [0.1, 0.15) is 11.6 Å². The minimum Gasteiger partial charge on any atom is -0.207 e. The van der Waals surface area contributed by atoms with Crippen molar-refractivity contribution in [2.45, 2.75) is 11.8 Å². The second-order valence-corrected chi connectivity index (χ2v) is 5.97. The van der Waals surface area contributed by atoms with Crippen LogP contribution in [0.2, 0.25) is 0 Å². The van der Waals surface area contributed by atoms with Crippen LogP contribution in [-0.2, 0) is 0 Å². The van der Waals surface area contributed by atoms with E-state index in [9.17, 15) is 8.78 Å². The number of benzene rings is 3. The minimum atomic E-state index is -0.399. The summed E-state index contributed by atoms with van der Waals surface area (Å²) in [6.45, 7) is 1.56. The van der Waals surface area contributed by atoms with Crippen LogP contribution in [0.25, 0.3) is 10.8 Å². The van der Waals surface area contributed by atoms with E-state index < -0.39 is 16.5 Å². The van der Waals surface area contributed by atoms with E-state index in [1.807, 2.05) is 42.5 Å². The van der Waals surface area contributed by atoms with Crippen LogP contribution in [0.5, 0.6) is 0 Å². The van der Waals surface area contributed by atoms with Crippen molar-refractivity contribution in [1.82, 2.24) is 0 Å². The Balaban J connectivity index is 2.17. The molecular formula is C18H13BrF2. The highest BCUT2D eigenvalue weighted by Gasteiger charge is 2.18. The summed E-state index contributed by atoms with van der Waals surface area (Å²) in [5, 5.41) is 2.11. The Kier molecular flexibility index (Phi) is 3.77. The maximum Gasteiger partial charge on any atom is 0.128 e. The Morgan fingerprint density at radius 3 is 2.38 bits per heavy atom. The van der Waals surface area contributed by atoms with Crippen LogP contribution in [0.4, 0.5) is 8.78 Å². The molecule has 0 radical (unpaired) electrons. The van der Waals surface area contributed by atoms with Crippen molar-refractivity contribution < 1.29 is 8.78 Å². The average molecular weight is 347 g/mol. The third-order valence-corrected chi connectivity index (χ3v) is 4.63. The monoisotopic (exact) mass is 346 g/mol. The van der Waals surface area contributed by atoms with Gasteiger partial charge < -0.3 is 0 Å². The van der Waals surface area contributed by atoms with Crippen LogP contribution in [0.1, 0.15) is 21.5 Å². The molecule has 0 nitrogen and oxygen atoms in total. The van der Waals surface area contributed by atoms with Gasteiger partial charge in [-0.25, -0.2) is 8.78 Å². The van der Waals surface area contributed by atoms with Gasteiger partial charge in [-0.3, -0.25) is 0 Å². The summed E-state index contributed by atoms with van der Waals surface area (Å²) < 4.78 is 27.9. The quantitative estimate of drug-likeness (QED) is 0.506. The smallest absolute Gasteiger partial charge is 0.128 e. The molecule has 0 spiro atoms. The first-order valence-corrected chi connectivity index (χ1v) is 7.57. The lowest BCUT2D eigenvalue weighted by Crippen LogP contribution is -2.00. The first-order valence-electron chi connectivity index (χ1n) is 6.65. The zero-order valence-electron chi connectivity index (χ0n) is 11.4. The topological polar surface area (TPSA) is 0 Å². The molecule has 0 aliphatic carbocycles. The third-order valence-electron chi connectivity index (χ3n) is 3.65. The van der Waals surface area contributed by atoms with Gasteiger partial charge in [0, 0.05) is 5.56 Å². The summed E-state index contributed by atoms with van der Waals surface area (Å²) in [5.74, 6) is -0.792. The van der Waals surface area contributed by atoms with Crippen molar-refractivity contribution in [2.75, 3.05) is 0 Å². The number of hydrogen-bond acceptors (Lipinski definition) is 0. The minimum absolute atomic E-state index is 0.314. The summed E-state index contributed by atoms with van der Waals surface area (Å²) in [6, 6.07) is 16.3. The van der Waals surface area contributed by atoms with E-state index >= 15 is 0 Å². The number of aryl methyl sites for hydroxylation is 1. The van der Waals surface area contributed by atoms with Crippen molar-refractivity contribution in [3.8, 4) is 0 Å². The van der Waals surface area contributed by atoms with Crippen LogP contribution >= 0.6 is 15.9 Å². The SMILES string of the molecule is Cc1cc(F)c(C(Br)c2cccc3ccccc23)cc1F. The van der Waals surface area contributed by atoms with E-state index in [0.29, 0.717) is 11.1 Å². The Bertz CT molecular complexity index is 806. The summed E-state index contributed by atoms with van der Waals surface area (Å²) >= 11 is 3.52. The fourth-order valence-electron chi connectivity index (χ4n) is 2.49. The van der Waals surface area contributed by atoms with Gasteiger partial charge in [0.25, 0.3) is 0 Å². The first kappa shape index (κ1) is 14.2. The molecule has 0 bridgehead atoms. The fourth-order valence-corrected chi connectivity index (χ4v) is 3.24. The standard InChI is InChI=1S/C18H13BrF2/c1-11-9-17(21)15(10-16(11)20)18(19)14-8-4-6-12-5-2-3-7-13(12)14/h2-10,18H,1H3. The Morgan fingerprint density at radius 2 is 1.57 bits per heavy atom. The Morgan fingerprint density at radius 1 is 0.857 bits per heavy atom. The molecule has 0 saturated carbocycles. The second-order valence-electron chi connectivity index (χ2n) is 5.05. The molecule has 3 aromatic rings. The predicted molar refractivity (Wildman–Crippen MR) is 85.8 cm³/mol. The van der Waals surface area contributed by atoms with Gasteiger partial charge in [-0.05, 0) is 41.0 Å². The maximum atomic E-state index is 14.2. The van der Waals surface area contributed by atoms with Crippen LogP contribution < -0.4 is 0 Å². The molecule has 0 N–H and O–H groups in total. The van der Waals surface area contributed by atoms with Crippen LogP contribution in [0.15, 0.2) is 54.6 Å². The molecule has 0 aliphatic heterocycles. The van der Waals surface area contributed by atoms with Gasteiger partial charge in [0.2, 0.25) is 0 Å². The summed E-state index contributed by atoms with van der Waals surface area (Å²) in [5.41, 5.74) is 1.55. The molecule has 0 aliphatic rings. The normalized spacial score (nSPS) is 12.6. The molecule has 0 saturated heterocycles. The number of alkyl halides is 1. The van der Waals surface area contributed by atoms with Gasteiger partial charge in [-0.1, -0.05) is 58.4 Å². The molecule has 106 valence electrons. The van der Waals surface area contributed by atoms with Gasteiger partial charge >= 0.3 is 0 Å². The lowest BCUT2D eigenvalue weighted by Gasteiger charge is -2.15. The largest absolute Gasteiger partial charge is 0.207 e. The molecule has 1 atom stereocenters. The lowest BCUT2D eigenvalue weighted by molar-refractivity contribution is 0.581. The van der Waals surface area contributed by atoms with E-state index in [1.54, 1.807) is 6.92 Å². The highest BCUT2D eigenvalue weighted by Crippen LogP contribution is 2.37. The molecular weight excluding hydrogens is 334 g/mol. The van der Waals surface area contributed by atoms with Gasteiger partial charge in [0.15, 0.2) is 0 Å². The number of rotatable bonds is 2. The summed E-state index contributed by atoms with van der Waals surface area (Å²) in [7, 11) is 0. The number of halogens is 3. The highest BCUT2D eigenvalue weighted by molar-refractivity contribution is 9.09. The molecule has 0 aromatic heterocycles. The van der Waals surface area contributed by atoms with E-state index in [2.05, 4.69) is 15.9 Å². The Labute approximate surface area is 130 Å². The molecule has 0 heterocycles. The highest BCUT2D eigenvalue weighted by atomic mass is 79.9. The van der Waals surface area contributed by atoms with Gasteiger partial charge in [-0.15, -0.1) is 0 Å². The summed E-state index contributed by atoms with van der Waals surface area (Å²) in [6.07, 6.45) is 0. The zero-order chi connectivity index (χ0) is 15.0. The first-order chi connectivity index (χ1) is 10.1. The van der Waals surface area contributed by atoms with E-state index in [4.69, 9.17) is 0 Å². The molecule has 3 heteroatoms. The Hall–Kier alpha value is -1.74. The van der Waals surface area contributed by atoms with E-state index in [-0.39, 0.29) is 0 Å². The summed E-state index contributed by atoms with van der Waals surface area (Å²) in [4.78, 5) is -0.390. The van der Waals surface area contributed by atoms with Gasteiger partial charge in [0.05, 0.1) is 4.83 Å². The number of fused-ring (bicyclic) bond motifs is 1. The zero-order valence-corrected chi connectivity index (χ0v) is 13.0. The van der Waals surface area contributed by atoms with Crippen molar-refractivity contribution in [1.29, 1.82) is 0 Å². The van der Waals surface area contributed by atoms with Crippen LogP contribution in [-0.4, -0.2) is 0 Å². The van der Waals surface area contributed by atoms with Crippen molar-refractivity contribution in [2.24, 2.45) is 0 Å². The van der Waals surface area contributed by atoms with Crippen molar-refractivity contribution in [3.05, 3.63) is 82.9 Å². The van der Waals surface area contributed by atoms with Crippen molar-refractivity contribution in [3.63, 3.8) is 0 Å². The fraction of sp³-hybridized carbons (Fsp3) is 0.111. The predicted octanol–water partition coefficient (Wildman–Crippen LogP) is 5.91. The third kappa shape index (κ3) is 2.58. The average Bonchev–Trinajstić information content (AvgIpc) is 2.49. The molecule has 0 amide bonds. The van der Waals surface area contributed by atoms with E-state index in [0.717, 1.165) is 16.3 Å². The molecule has 0 fully saturated rings. The molecule has 3 rings (SSSR count). The number of hydrogen-bond donors (Lipinski definition) is 0. The maximum absolute atomic E-state index is 14.2. The van der Waals surface area contributed by atoms with Crippen molar-refractivity contribution >= 4 is 26.7 Å². The van der Waals surface area contributed by atoms with E-state index in [1.165, 1.54) is 12.1 Å². The van der Waals surface area contributed by atoms with Crippen LogP contribution in [0.3, 0.4) is 0 Å². The van der Waals surface area contributed by atoms with Gasteiger partial charge in [-0.2, -0.15) is 0 Å². The second kappa shape index (κ2) is 5.57. The molecule has 21 heavy (non-hydrogen) atoms. The van der Waals surface area contributed by atoms with Crippen LogP contribution in [0, 0.1) is 18.6 Å².